The molecule has 0 bridgehead atoms. The summed E-state index contributed by atoms with van der Waals surface area (Å²) in [6.07, 6.45) is 4.62. The summed E-state index contributed by atoms with van der Waals surface area (Å²) in [4.78, 5) is 2.22. The fourth-order valence-corrected chi connectivity index (χ4v) is 2.46. The molecule has 0 saturated carbocycles. The average Bonchev–Trinajstić information content (AvgIpc) is 2.24. The Kier molecular flexibility index (Phi) is 6.34. The summed E-state index contributed by atoms with van der Waals surface area (Å²) in [5, 5.41) is 0. The largest absolute Gasteiger partial charge is 0.309 e. The van der Waals surface area contributed by atoms with Gasteiger partial charge in [-0.3, -0.25) is 0 Å². The Morgan fingerprint density at radius 2 is 1.89 bits per heavy atom. The number of aryl methyl sites for hydroxylation is 1. The molecule has 1 nitrogen and oxygen atoms in total. The van der Waals surface area contributed by atoms with Gasteiger partial charge in [-0.1, -0.05) is 25.8 Å². The highest BCUT2D eigenvalue weighted by Gasteiger charge is 2.10. The van der Waals surface area contributed by atoms with Crippen LogP contribution in [0, 0.1) is 18.7 Å². The predicted octanol–water partition coefficient (Wildman–Crippen LogP) is 4.04. The molecule has 1 aromatic carbocycles. The summed E-state index contributed by atoms with van der Waals surface area (Å²) in [6.45, 7) is 5.29. The highest BCUT2D eigenvalue weighted by Crippen LogP contribution is 2.19. The lowest BCUT2D eigenvalue weighted by atomic mass is 9.91. The highest BCUT2D eigenvalue weighted by atomic mass is 19.1. The molecule has 0 aliphatic carbocycles. The Balaban J connectivity index is 2.63. The SMILES string of the molecule is CCC[C@H](CCN(C)C)Cc1cc(C)cc(F)c1. The number of rotatable bonds is 7. The average molecular weight is 251 g/mol. The van der Waals surface area contributed by atoms with Crippen molar-refractivity contribution in [3.63, 3.8) is 0 Å². The minimum absolute atomic E-state index is 0.104. The van der Waals surface area contributed by atoms with Gasteiger partial charge in [-0.25, -0.2) is 4.39 Å². The van der Waals surface area contributed by atoms with Gasteiger partial charge in [0.2, 0.25) is 0 Å². The smallest absolute Gasteiger partial charge is 0.123 e. The molecule has 1 rings (SSSR count). The molecule has 0 saturated heterocycles. The van der Waals surface area contributed by atoms with Crippen molar-refractivity contribution in [3.05, 3.63) is 35.1 Å². The summed E-state index contributed by atoms with van der Waals surface area (Å²) in [5.74, 6) is 0.562. The second kappa shape index (κ2) is 7.52. The van der Waals surface area contributed by atoms with Crippen molar-refractivity contribution in [2.45, 2.75) is 39.5 Å². The van der Waals surface area contributed by atoms with Gasteiger partial charge in [0.05, 0.1) is 0 Å². The van der Waals surface area contributed by atoms with E-state index in [1.54, 1.807) is 12.1 Å². The molecule has 0 amide bonds. The molecule has 0 N–H and O–H groups in total. The molecule has 0 radical (unpaired) electrons. The highest BCUT2D eigenvalue weighted by molar-refractivity contribution is 5.23. The maximum Gasteiger partial charge on any atom is 0.123 e. The van der Waals surface area contributed by atoms with Crippen molar-refractivity contribution in [1.29, 1.82) is 0 Å². The first-order valence-corrected chi connectivity index (χ1v) is 6.92. The molecule has 0 spiro atoms. The number of halogens is 1. The van der Waals surface area contributed by atoms with Crippen LogP contribution in [0.1, 0.15) is 37.3 Å². The van der Waals surface area contributed by atoms with Gasteiger partial charge in [-0.05, 0) is 69.6 Å². The summed E-state index contributed by atoms with van der Waals surface area (Å²) in [7, 11) is 4.21. The third kappa shape index (κ3) is 5.63. The molecular formula is C16H26FN. The molecule has 102 valence electrons. The van der Waals surface area contributed by atoms with Gasteiger partial charge in [-0.2, -0.15) is 0 Å². The zero-order valence-electron chi connectivity index (χ0n) is 12.2. The van der Waals surface area contributed by atoms with E-state index in [1.165, 1.54) is 19.3 Å². The van der Waals surface area contributed by atoms with E-state index in [-0.39, 0.29) is 5.82 Å². The van der Waals surface area contributed by atoms with Crippen LogP contribution in [0.4, 0.5) is 4.39 Å². The van der Waals surface area contributed by atoms with E-state index < -0.39 is 0 Å². The van der Waals surface area contributed by atoms with Crippen LogP contribution in [0.15, 0.2) is 18.2 Å². The van der Waals surface area contributed by atoms with Crippen LogP contribution in [-0.4, -0.2) is 25.5 Å². The van der Waals surface area contributed by atoms with Crippen LogP contribution < -0.4 is 0 Å². The van der Waals surface area contributed by atoms with Gasteiger partial charge in [0, 0.05) is 0 Å². The predicted molar refractivity (Wildman–Crippen MR) is 76.4 cm³/mol. The third-order valence-electron chi connectivity index (χ3n) is 3.31. The van der Waals surface area contributed by atoms with Gasteiger partial charge in [0.1, 0.15) is 5.82 Å². The number of hydrogen-bond acceptors (Lipinski definition) is 1. The fourth-order valence-electron chi connectivity index (χ4n) is 2.46. The van der Waals surface area contributed by atoms with E-state index in [1.807, 2.05) is 6.92 Å². The van der Waals surface area contributed by atoms with Crippen molar-refractivity contribution < 1.29 is 4.39 Å². The van der Waals surface area contributed by atoms with Gasteiger partial charge in [0.25, 0.3) is 0 Å². The maximum absolute atomic E-state index is 13.4. The standard InChI is InChI=1S/C16H26FN/c1-5-6-14(7-8-18(3)4)11-15-9-13(2)10-16(17)12-15/h9-10,12,14H,5-8,11H2,1-4H3/t14-/m1/s1. The quantitative estimate of drug-likeness (QED) is 0.707. The van der Waals surface area contributed by atoms with Crippen molar-refractivity contribution in [2.24, 2.45) is 5.92 Å². The van der Waals surface area contributed by atoms with Gasteiger partial charge >= 0.3 is 0 Å². The minimum Gasteiger partial charge on any atom is -0.309 e. The third-order valence-corrected chi connectivity index (χ3v) is 3.31. The van der Waals surface area contributed by atoms with Crippen molar-refractivity contribution in [2.75, 3.05) is 20.6 Å². The first-order valence-electron chi connectivity index (χ1n) is 6.92. The molecule has 0 heterocycles. The zero-order valence-corrected chi connectivity index (χ0v) is 12.2. The molecule has 0 aliphatic rings. The summed E-state index contributed by atoms with van der Waals surface area (Å²) in [6, 6.07) is 5.39. The Morgan fingerprint density at radius 3 is 2.44 bits per heavy atom. The summed E-state index contributed by atoms with van der Waals surface area (Å²) < 4.78 is 13.4. The Morgan fingerprint density at radius 1 is 1.17 bits per heavy atom. The van der Waals surface area contributed by atoms with E-state index >= 15 is 0 Å². The maximum atomic E-state index is 13.4. The first kappa shape index (κ1) is 15.2. The summed E-state index contributed by atoms with van der Waals surface area (Å²) in [5.41, 5.74) is 2.16. The summed E-state index contributed by atoms with van der Waals surface area (Å²) >= 11 is 0. The van der Waals surface area contributed by atoms with E-state index in [2.05, 4.69) is 32.0 Å². The van der Waals surface area contributed by atoms with E-state index in [4.69, 9.17) is 0 Å². The molecule has 0 unspecified atom stereocenters. The monoisotopic (exact) mass is 251 g/mol. The van der Waals surface area contributed by atoms with Gasteiger partial charge in [-0.15, -0.1) is 0 Å². The minimum atomic E-state index is -0.104. The zero-order chi connectivity index (χ0) is 13.5. The Hall–Kier alpha value is -0.890. The van der Waals surface area contributed by atoms with E-state index in [0.717, 1.165) is 24.1 Å². The van der Waals surface area contributed by atoms with Gasteiger partial charge < -0.3 is 4.90 Å². The topological polar surface area (TPSA) is 3.24 Å². The number of hydrogen-bond donors (Lipinski definition) is 0. The fraction of sp³-hybridized carbons (Fsp3) is 0.625. The van der Waals surface area contributed by atoms with Crippen LogP contribution in [0.3, 0.4) is 0 Å². The van der Waals surface area contributed by atoms with Crippen LogP contribution in [0.2, 0.25) is 0 Å². The molecule has 2 heteroatoms. The normalized spacial score (nSPS) is 13.0. The van der Waals surface area contributed by atoms with Crippen LogP contribution in [-0.2, 0) is 6.42 Å². The molecule has 18 heavy (non-hydrogen) atoms. The molecule has 1 aromatic rings. The molecule has 0 fully saturated rings. The van der Waals surface area contributed by atoms with Crippen LogP contribution in [0.25, 0.3) is 0 Å². The molecule has 1 atom stereocenters. The lowest BCUT2D eigenvalue weighted by molar-refractivity contribution is 0.336. The van der Waals surface area contributed by atoms with Crippen molar-refractivity contribution >= 4 is 0 Å². The molecule has 0 aliphatic heterocycles. The number of nitrogens with zero attached hydrogens (tertiary/aromatic N) is 1. The van der Waals surface area contributed by atoms with E-state index in [0.29, 0.717) is 5.92 Å². The van der Waals surface area contributed by atoms with Crippen molar-refractivity contribution in [1.82, 2.24) is 4.90 Å². The van der Waals surface area contributed by atoms with Crippen molar-refractivity contribution in [3.8, 4) is 0 Å². The lowest BCUT2D eigenvalue weighted by Gasteiger charge is -2.19. The first-order chi connectivity index (χ1) is 8.51. The molecule has 0 aromatic heterocycles. The van der Waals surface area contributed by atoms with Crippen LogP contribution >= 0.6 is 0 Å². The molecular weight excluding hydrogens is 225 g/mol. The Bertz CT molecular complexity index is 340. The lowest BCUT2D eigenvalue weighted by Crippen LogP contribution is -2.18. The van der Waals surface area contributed by atoms with E-state index in [9.17, 15) is 4.39 Å². The number of benzene rings is 1. The second-order valence-corrected chi connectivity index (χ2v) is 5.59. The van der Waals surface area contributed by atoms with Crippen LogP contribution in [0.5, 0.6) is 0 Å². The van der Waals surface area contributed by atoms with Gasteiger partial charge in [0.15, 0.2) is 0 Å². The Labute approximate surface area is 111 Å². The second-order valence-electron chi connectivity index (χ2n) is 5.59.